The molecule has 0 bridgehead atoms. The third-order valence-corrected chi connectivity index (χ3v) is 11.7. The van der Waals surface area contributed by atoms with E-state index < -0.39 is 27.6 Å². The molecular weight excluding hydrogens is 666 g/mol. The van der Waals surface area contributed by atoms with Crippen LogP contribution in [0.5, 0.6) is 5.75 Å². The van der Waals surface area contributed by atoms with Crippen LogP contribution in [0, 0.1) is 0 Å². The van der Waals surface area contributed by atoms with E-state index in [4.69, 9.17) is 21.1 Å². The van der Waals surface area contributed by atoms with Gasteiger partial charge >= 0.3 is 6.09 Å². The maximum atomic E-state index is 15.1. The second kappa shape index (κ2) is 13.2. The monoisotopic (exact) mass is 703 g/mol. The van der Waals surface area contributed by atoms with Gasteiger partial charge in [-0.05, 0) is 76.3 Å². The van der Waals surface area contributed by atoms with Gasteiger partial charge in [-0.25, -0.2) is 13.2 Å². The highest BCUT2D eigenvalue weighted by atomic mass is 35.5. The Morgan fingerprint density at radius 2 is 1.67 bits per heavy atom. The molecule has 1 unspecified atom stereocenters. The van der Waals surface area contributed by atoms with E-state index in [0.717, 1.165) is 30.2 Å². The number of nitrogens with zero attached hydrogens (tertiary/aromatic N) is 5. The van der Waals surface area contributed by atoms with E-state index in [2.05, 4.69) is 21.8 Å². The molecule has 49 heavy (non-hydrogen) atoms. The fraction of sp³-hybridized carbons (Fsp3) is 0.361. The molecule has 3 aliphatic rings. The number of piperazine rings is 1. The van der Waals surface area contributed by atoms with Crippen molar-refractivity contribution in [1.82, 2.24) is 19.7 Å². The molecule has 4 aromatic rings. The summed E-state index contributed by atoms with van der Waals surface area (Å²) in [5.41, 5.74) is -1.70. The van der Waals surface area contributed by atoms with Crippen molar-refractivity contribution in [2.45, 2.75) is 36.3 Å². The Labute approximate surface area is 291 Å². The zero-order chi connectivity index (χ0) is 34.3. The van der Waals surface area contributed by atoms with E-state index in [-0.39, 0.29) is 44.6 Å². The molecule has 0 N–H and O–H groups in total. The molecular formula is C36H38ClN5O6S. The zero-order valence-electron chi connectivity index (χ0n) is 27.4. The van der Waals surface area contributed by atoms with Crippen molar-refractivity contribution in [2.24, 2.45) is 0 Å². The summed E-state index contributed by atoms with van der Waals surface area (Å²) in [6.07, 6.45) is 2.90. The normalized spacial score (nSPS) is 20.8. The van der Waals surface area contributed by atoms with Crippen LogP contribution in [-0.4, -0.2) is 99.1 Å². The number of hydrogen-bond donors (Lipinski definition) is 0. The van der Waals surface area contributed by atoms with Gasteiger partial charge < -0.3 is 19.3 Å². The van der Waals surface area contributed by atoms with Crippen LogP contribution < -0.4 is 9.04 Å². The minimum absolute atomic E-state index is 0.0218. The highest BCUT2D eigenvalue weighted by Crippen LogP contribution is 2.52. The summed E-state index contributed by atoms with van der Waals surface area (Å²) in [6, 6.07) is 19.8. The van der Waals surface area contributed by atoms with Crippen LogP contribution in [0.3, 0.4) is 0 Å². The van der Waals surface area contributed by atoms with Gasteiger partial charge in [0.2, 0.25) is 5.60 Å². The number of anilines is 1. The minimum Gasteiger partial charge on any atom is -0.493 e. The molecule has 1 atom stereocenters. The first-order valence-electron chi connectivity index (χ1n) is 16.5. The first kappa shape index (κ1) is 33.3. The largest absolute Gasteiger partial charge is 0.493 e. The van der Waals surface area contributed by atoms with Crippen molar-refractivity contribution in [1.29, 1.82) is 0 Å². The van der Waals surface area contributed by atoms with Crippen molar-refractivity contribution in [3.8, 4) is 5.75 Å². The van der Waals surface area contributed by atoms with E-state index in [1.54, 1.807) is 60.4 Å². The summed E-state index contributed by atoms with van der Waals surface area (Å²) in [7, 11) is -2.48. The van der Waals surface area contributed by atoms with E-state index in [9.17, 15) is 13.2 Å². The van der Waals surface area contributed by atoms with Crippen molar-refractivity contribution >= 4 is 50.2 Å². The number of fused-ring (bicyclic) bond motifs is 2. The van der Waals surface area contributed by atoms with Gasteiger partial charge in [-0.15, -0.1) is 0 Å². The van der Waals surface area contributed by atoms with E-state index >= 15 is 4.79 Å². The number of ether oxygens (including phenoxy) is 2. The standard InChI is InChI=1S/C36H38ClN5O6S/c1-3-47-31-11-5-4-10-28(31)36(48-35(44)41-22-20-40(21-23-41)27-15-18-39(2)19-16-27)29-24-26(37)13-14-30(29)42(34(36)43)49(45,46)32-12-6-8-25-9-7-17-38-33(25)32/h4-14,17,24,27H,3,15-16,18-23H2,1-2H3. The fourth-order valence-corrected chi connectivity index (χ4v) is 9.03. The van der Waals surface area contributed by atoms with Gasteiger partial charge in [0, 0.05) is 54.4 Å². The molecule has 0 spiro atoms. The molecule has 2 saturated heterocycles. The molecule has 7 rings (SSSR count). The summed E-state index contributed by atoms with van der Waals surface area (Å²) >= 11 is 6.55. The van der Waals surface area contributed by atoms with Gasteiger partial charge in [0.25, 0.3) is 15.9 Å². The summed E-state index contributed by atoms with van der Waals surface area (Å²) in [5, 5.41) is 0.823. The lowest BCUT2D eigenvalue weighted by molar-refractivity contribution is -0.132. The summed E-state index contributed by atoms with van der Waals surface area (Å²) in [6.45, 7) is 6.24. The van der Waals surface area contributed by atoms with Crippen molar-refractivity contribution in [2.75, 3.05) is 57.2 Å². The first-order chi connectivity index (χ1) is 23.6. The van der Waals surface area contributed by atoms with Crippen LogP contribution in [0.1, 0.15) is 30.9 Å². The molecule has 3 aromatic carbocycles. The highest BCUT2D eigenvalue weighted by molar-refractivity contribution is 7.93. The number of carbonyl (C=O) groups is 2. The number of rotatable bonds is 7. The van der Waals surface area contributed by atoms with Gasteiger partial charge in [0.05, 0.1) is 23.4 Å². The lowest BCUT2D eigenvalue weighted by Gasteiger charge is -2.42. The average Bonchev–Trinajstić information content (AvgIpc) is 3.36. The van der Waals surface area contributed by atoms with Crippen LogP contribution in [0.15, 0.2) is 83.9 Å². The van der Waals surface area contributed by atoms with Crippen LogP contribution in [-0.2, 0) is 25.2 Å². The number of sulfonamides is 1. The fourth-order valence-electron chi connectivity index (χ4n) is 7.23. The third kappa shape index (κ3) is 5.80. The van der Waals surface area contributed by atoms with Gasteiger partial charge in [-0.1, -0.05) is 48.0 Å². The molecule has 2 amide bonds. The number of amides is 2. The molecule has 2 fully saturated rings. The lowest BCUT2D eigenvalue weighted by atomic mass is 9.86. The molecule has 0 aliphatic carbocycles. The highest BCUT2D eigenvalue weighted by Gasteiger charge is 2.61. The minimum atomic E-state index is -4.61. The Balaban J connectivity index is 1.31. The van der Waals surface area contributed by atoms with E-state index in [0.29, 0.717) is 37.6 Å². The van der Waals surface area contributed by atoms with Gasteiger partial charge in [-0.2, -0.15) is 4.31 Å². The number of aromatic nitrogens is 1. The molecule has 11 nitrogen and oxygen atoms in total. The van der Waals surface area contributed by atoms with Gasteiger partial charge in [0.15, 0.2) is 0 Å². The number of pyridine rings is 1. The number of halogens is 1. The molecule has 13 heteroatoms. The Morgan fingerprint density at radius 3 is 2.43 bits per heavy atom. The van der Waals surface area contributed by atoms with Crippen LogP contribution in [0.4, 0.5) is 10.5 Å². The molecule has 0 radical (unpaired) electrons. The number of carbonyl (C=O) groups excluding carboxylic acids is 2. The molecule has 0 saturated carbocycles. The number of para-hydroxylation sites is 2. The first-order valence-corrected chi connectivity index (χ1v) is 18.3. The Bertz CT molecular complexity index is 2010. The Hall–Kier alpha value is -4.23. The zero-order valence-corrected chi connectivity index (χ0v) is 29.0. The smallest absolute Gasteiger partial charge is 0.411 e. The Morgan fingerprint density at radius 1 is 0.939 bits per heavy atom. The maximum absolute atomic E-state index is 15.1. The lowest BCUT2D eigenvalue weighted by Crippen LogP contribution is -2.55. The van der Waals surface area contributed by atoms with Gasteiger partial charge in [0.1, 0.15) is 10.6 Å². The predicted octanol–water partition coefficient (Wildman–Crippen LogP) is 5.11. The predicted molar refractivity (Wildman–Crippen MR) is 186 cm³/mol. The Kier molecular flexibility index (Phi) is 8.99. The third-order valence-electron chi connectivity index (χ3n) is 9.74. The van der Waals surface area contributed by atoms with Crippen molar-refractivity contribution < 1.29 is 27.5 Å². The topological polar surface area (TPSA) is 113 Å². The average molecular weight is 704 g/mol. The molecule has 1 aromatic heterocycles. The second-order valence-electron chi connectivity index (χ2n) is 12.6. The summed E-state index contributed by atoms with van der Waals surface area (Å²) in [4.78, 5) is 39.9. The number of benzene rings is 3. The van der Waals surface area contributed by atoms with E-state index in [1.807, 2.05) is 0 Å². The van der Waals surface area contributed by atoms with Crippen LogP contribution in [0.25, 0.3) is 10.9 Å². The quantitative estimate of drug-likeness (QED) is 0.259. The summed E-state index contributed by atoms with van der Waals surface area (Å²) < 4.78 is 42.4. The molecule has 3 aliphatic heterocycles. The van der Waals surface area contributed by atoms with Crippen molar-refractivity contribution in [3.05, 3.63) is 95.1 Å². The van der Waals surface area contributed by atoms with E-state index in [1.165, 1.54) is 30.5 Å². The number of likely N-dealkylation sites (tertiary alicyclic amines) is 1. The molecule has 4 heterocycles. The van der Waals surface area contributed by atoms with Crippen LogP contribution >= 0.6 is 11.6 Å². The molecule has 256 valence electrons. The SMILES string of the molecule is CCOc1ccccc1C1(OC(=O)N2CCN(C3CCN(C)CC3)CC2)C(=O)N(S(=O)(=O)c2cccc3cccnc23)c2ccc(Cl)cc21. The summed E-state index contributed by atoms with van der Waals surface area (Å²) in [5.74, 6) is -0.710. The second-order valence-corrected chi connectivity index (χ2v) is 14.8. The van der Waals surface area contributed by atoms with Gasteiger partial charge in [-0.3, -0.25) is 14.7 Å². The van der Waals surface area contributed by atoms with Crippen molar-refractivity contribution in [3.63, 3.8) is 0 Å². The number of hydrogen-bond acceptors (Lipinski definition) is 9. The maximum Gasteiger partial charge on any atom is 0.411 e. The van der Waals surface area contributed by atoms with Crippen LogP contribution in [0.2, 0.25) is 5.02 Å². The number of piperidine rings is 1.